The largest absolute Gasteiger partial charge is 0.488 e. The number of fused-ring (bicyclic) bond motifs is 2. The quantitative estimate of drug-likeness (QED) is 0.110. The van der Waals surface area contributed by atoms with E-state index in [2.05, 4.69) is 63.4 Å². The van der Waals surface area contributed by atoms with Crippen molar-refractivity contribution in [1.82, 2.24) is 10.4 Å². The Bertz CT molecular complexity index is 1860. The van der Waals surface area contributed by atoms with E-state index in [1.54, 1.807) is 6.21 Å². The number of amides is 1. The van der Waals surface area contributed by atoms with Crippen molar-refractivity contribution >= 4 is 56.4 Å². The standard InChI is InChI=1S/C34H24IN3O2/c35-30-19-23(17-18-33(30)40-22-26-13-8-12-24-9-4-5-14-27(24)26)21-36-38-34(39)29-20-32(25-10-2-1-3-11-25)37-31-16-7-6-15-28(29)31/h1-21H,22H2,(H,38,39)/b36-21+. The van der Waals surface area contributed by atoms with Gasteiger partial charge in [-0.2, -0.15) is 5.10 Å². The molecule has 0 fully saturated rings. The van der Waals surface area contributed by atoms with Crippen LogP contribution in [0.25, 0.3) is 32.9 Å². The number of carbonyl (C=O) groups is 1. The molecule has 0 unspecified atom stereocenters. The lowest BCUT2D eigenvalue weighted by Gasteiger charge is -2.11. The maximum absolute atomic E-state index is 13.2. The van der Waals surface area contributed by atoms with Gasteiger partial charge < -0.3 is 4.74 Å². The summed E-state index contributed by atoms with van der Waals surface area (Å²) >= 11 is 2.26. The van der Waals surface area contributed by atoms with Crippen LogP contribution in [0.2, 0.25) is 0 Å². The number of rotatable bonds is 7. The topological polar surface area (TPSA) is 63.6 Å². The van der Waals surface area contributed by atoms with Gasteiger partial charge in [0.15, 0.2) is 0 Å². The molecule has 5 nitrogen and oxygen atoms in total. The van der Waals surface area contributed by atoms with Gasteiger partial charge in [-0.05, 0) is 74.8 Å². The third kappa shape index (κ3) is 5.58. The van der Waals surface area contributed by atoms with Gasteiger partial charge in [-0.3, -0.25) is 4.79 Å². The SMILES string of the molecule is O=C(N/N=C/c1ccc(OCc2cccc3ccccc23)c(I)c1)c1cc(-c2ccccc2)nc2ccccc12. The van der Waals surface area contributed by atoms with Crippen molar-refractivity contribution in [2.75, 3.05) is 0 Å². The zero-order chi connectivity index (χ0) is 27.3. The van der Waals surface area contributed by atoms with Gasteiger partial charge in [0.05, 0.1) is 26.6 Å². The molecule has 6 heteroatoms. The van der Waals surface area contributed by atoms with Gasteiger partial charge in [0.25, 0.3) is 5.91 Å². The van der Waals surface area contributed by atoms with E-state index < -0.39 is 0 Å². The van der Waals surface area contributed by atoms with Crippen molar-refractivity contribution in [3.05, 3.63) is 142 Å². The number of ether oxygens (including phenoxy) is 1. The Morgan fingerprint density at radius 1 is 0.825 bits per heavy atom. The minimum Gasteiger partial charge on any atom is -0.488 e. The molecule has 0 radical (unpaired) electrons. The molecule has 0 saturated carbocycles. The van der Waals surface area contributed by atoms with Gasteiger partial charge in [-0.1, -0.05) is 91.0 Å². The van der Waals surface area contributed by atoms with E-state index in [0.29, 0.717) is 12.2 Å². The number of hydrazone groups is 1. The van der Waals surface area contributed by atoms with Crippen molar-refractivity contribution < 1.29 is 9.53 Å². The lowest BCUT2D eigenvalue weighted by atomic mass is 10.0. The predicted octanol–water partition coefficient (Wildman–Crippen LogP) is 8.00. The van der Waals surface area contributed by atoms with Gasteiger partial charge in [-0.25, -0.2) is 10.4 Å². The summed E-state index contributed by atoms with van der Waals surface area (Å²) in [7, 11) is 0. The smallest absolute Gasteiger partial charge is 0.272 e. The highest BCUT2D eigenvalue weighted by molar-refractivity contribution is 14.1. The summed E-state index contributed by atoms with van der Waals surface area (Å²) in [5.41, 5.74) is 7.64. The van der Waals surface area contributed by atoms with Crippen LogP contribution in [0.5, 0.6) is 5.75 Å². The lowest BCUT2D eigenvalue weighted by molar-refractivity contribution is 0.0956. The average molecular weight is 633 g/mol. The molecule has 1 heterocycles. The van der Waals surface area contributed by atoms with E-state index in [1.165, 1.54) is 10.8 Å². The zero-order valence-corrected chi connectivity index (χ0v) is 23.6. The van der Waals surface area contributed by atoms with Crippen LogP contribution in [0.1, 0.15) is 21.5 Å². The minimum absolute atomic E-state index is 0.295. The summed E-state index contributed by atoms with van der Waals surface area (Å²) in [5.74, 6) is 0.503. The molecule has 40 heavy (non-hydrogen) atoms. The number of para-hydroxylation sites is 1. The van der Waals surface area contributed by atoms with Crippen LogP contribution in [0.15, 0.2) is 126 Å². The van der Waals surface area contributed by atoms with Crippen LogP contribution in [0, 0.1) is 3.57 Å². The van der Waals surface area contributed by atoms with Crippen molar-refractivity contribution in [2.45, 2.75) is 6.61 Å². The van der Waals surface area contributed by atoms with Crippen LogP contribution < -0.4 is 10.2 Å². The minimum atomic E-state index is -0.295. The van der Waals surface area contributed by atoms with E-state index in [4.69, 9.17) is 9.72 Å². The summed E-state index contributed by atoms with van der Waals surface area (Å²) in [6.07, 6.45) is 1.63. The van der Waals surface area contributed by atoms with E-state index in [9.17, 15) is 4.79 Å². The first-order valence-electron chi connectivity index (χ1n) is 12.8. The fourth-order valence-corrected chi connectivity index (χ4v) is 5.33. The molecule has 0 saturated heterocycles. The Morgan fingerprint density at radius 2 is 1.57 bits per heavy atom. The first-order chi connectivity index (χ1) is 19.7. The van der Waals surface area contributed by atoms with Crippen LogP contribution in [-0.4, -0.2) is 17.1 Å². The highest BCUT2D eigenvalue weighted by Crippen LogP contribution is 2.26. The second kappa shape index (κ2) is 11.7. The molecule has 194 valence electrons. The van der Waals surface area contributed by atoms with Crippen molar-refractivity contribution in [1.29, 1.82) is 0 Å². The van der Waals surface area contributed by atoms with Gasteiger partial charge in [0, 0.05) is 10.9 Å². The second-order valence-corrected chi connectivity index (χ2v) is 10.4. The predicted molar refractivity (Wildman–Crippen MR) is 170 cm³/mol. The van der Waals surface area contributed by atoms with Crippen LogP contribution in [0.3, 0.4) is 0 Å². The molecule has 0 aliphatic carbocycles. The van der Waals surface area contributed by atoms with E-state index in [1.807, 2.05) is 91.0 Å². The van der Waals surface area contributed by atoms with Crippen LogP contribution in [-0.2, 0) is 6.61 Å². The third-order valence-corrected chi connectivity index (χ3v) is 7.47. The molecule has 1 amide bonds. The van der Waals surface area contributed by atoms with Gasteiger partial charge in [0.1, 0.15) is 12.4 Å². The molecule has 6 aromatic rings. The molecule has 5 aromatic carbocycles. The Labute approximate surface area is 245 Å². The molecule has 6 rings (SSSR count). The molecule has 0 aliphatic rings. The fraction of sp³-hybridized carbons (Fsp3) is 0.0294. The van der Waals surface area contributed by atoms with Crippen LogP contribution >= 0.6 is 22.6 Å². The Hall–Kier alpha value is -4.56. The molecular formula is C34H24IN3O2. The summed E-state index contributed by atoms with van der Waals surface area (Å²) in [5, 5.41) is 7.40. The molecule has 0 bridgehead atoms. The summed E-state index contributed by atoms with van der Waals surface area (Å²) in [6.45, 7) is 0.478. The van der Waals surface area contributed by atoms with Gasteiger partial charge >= 0.3 is 0 Å². The van der Waals surface area contributed by atoms with Crippen molar-refractivity contribution in [3.63, 3.8) is 0 Å². The monoisotopic (exact) mass is 633 g/mol. The number of benzene rings is 5. The molecular weight excluding hydrogens is 609 g/mol. The van der Waals surface area contributed by atoms with Crippen molar-refractivity contribution in [2.24, 2.45) is 5.10 Å². The maximum atomic E-state index is 13.2. The molecule has 1 N–H and O–H groups in total. The fourth-order valence-electron chi connectivity index (χ4n) is 4.63. The van der Waals surface area contributed by atoms with E-state index in [0.717, 1.165) is 42.6 Å². The summed E-state index contributed by atoms with van der Waals surface area (Å²) < 4.78 is 7.11. The maximum Gasteiger partial charge on any atom is 0.272 e. The Morgan fingerprint density at radius 3 is 2.42 bits per heavy atom. The Kier molecular flexibility index (Phi) is 7.50. The number of hydrogen-bond acceptors (Lipinski definition) is 4. The highest BCUT2D eigenvalue weighted by atomic mass is 127. The summed E-state index contributed by atoms with van der Waals surface area (Å²) in [4.78, 5) is 17.9. The zero-order valence-electron chi connectivity index (χ0n) is 21.4. The number of pyridine rings is 1. The number of nitrogens with zero attached hydrogens (tertiary/aromatic N) is 2. The molecule has 0 aliphatic heterocycles. The first-order valence-corrected chi connectivity index (χ1v) is 13.9. The number of hydrogen-bond donors (Lipinski definition) is 1. The number of carbonyl (C=O) groups excluding carboxylic acids is 1. The van der Waals surface area contributed by atoms with Gasteiger partial charge in [0.2, 0.25) is 0 Å². The van der Waals surface area contributed by atoms with Crippen LogP contribution in [0.4, 0.5) is 0 Å². The summed E-state index contributed by atoms with van der Waals surface area (Å²) in [6, 6.07) is 39.7. The molecule has 0 atom stereocenters. The number of nitrogens with one attached hydrogen (secondary N) is 1. The normalized spacial score (nSPS) is 11.2. The lowest BCUT2D eigenvalue weighted by Crippen LogP contribution is -2.18. The van der Waals surface area contributed by atoms with E-state index in [-0.39, 0.29) is 5.91 Å². The first kappa shape index (κ1) is 25.7. The highest BCUT2D eigenvalue weighted by Gasteiger charge is 2.13. The molecule has 0 spiro atoms. The Balaban J connectivity index is 1.16. The van der Waals surface area contributed by atoms with Crippen molar-refractivity contribution in [3.8, 4) is 17.0 Å². The number of halogens is 1. The second-order valence-electron chi connectivity index (χ2n) is 9.25. The molecule has 1 aromatic heterocycles. The average Bonchev–Trinajstić information content (AvgIpc) is 3.00. The third-order valence-electron chi connectivity index (χ3n) is 6.63. The number of aromatic nitrogens is 1. The van der Waals surface area contributed by atoms with E-state index >= 15 is 0 Å². The van der Waals surface area contributed by atoms with Gasteiger partial charge in [-0.15, -0.1) is 0 Å².